The highest BCUT2D eigenvalue weighted by Gasteiger charge is 2.18. The van der Waals surface area contributed by atoms with E-state index < -0.39 is 34.4 Å². The van der Waals surface area contributed by atoms with Crippen LogP contribution in [0.3, 0.4) is 0 Å². The molecule has 2 heterocycles. The highest BCUT2D eigenvalue weighted by atomic mass is 35.5. The van der Waals surface area contributed by atoms with Gasteiger partial charge in [-0.05, 0) is 106 Å². The third kappa shape index (κ3) is 16.1. The predicted octanol–water partition coefficient (Wildman–Crippen LogP) is 9.03. The molecule has 388 valence electrons. The summed E-state index contributed by atoms with van der Waals surface area (Å²) in [4.78, 5) is 63.1. The minimum absolute atomic E-state index is 0. The van der Waals surface area contributed by atoms with E-state index in [1.165, 1.54) is 33.4 Å². The molecular weight excluding hydrogens is 1020 g/mol. The summed E-state index contributed by atoms with van der Waals surface area (Å²) in [5.74, 6) is -0.417. The molecule has 0 unspecified atom stereocenters. The maximum absolute atomic E-state index is 14.6. The van der Waals surface area contributed by atoms with Crippen molar-refractivity contribution in [3.05, 3.63) is 202 Å². The summed E-state index contributed by atoms with van der Waals surface area (Å²) < 4.78 is 50.1. The van der Waals surface area contributed by atoms with Gasteiger partial charge in [-0.25, -0.2) is 37.1 Å². The summed E-state index contributed by atoms with van der Waals surface area (Å²) in [6.07, 6.45) is 0.0685. The number of nitrogens with zero attached hydrogens (tertiary/aromatic N) is 8. The Balaban J connectivity index is 0.000000283. The van der Waals surface area contributed by atoms with Crippen LogP contribution in [0.2, 0.25) is 10.0 Å². The summed E-state index contributed by atoms with van der Waals surface area (Å²) in [6.45, 7) is 14.5. The van der Waals surface area contributed by atoms with Gasteiger partial charge in [-0.15, -0.1) is 17.4 Å². The fraction of sp³-hybridized carbons (Fsp3) is 0.255. The molecule has 23 heteroatoms. The molecule has 2 aromatic heterocycles. The van der Waals surface area contributed by atoms with E-state index in [2.05, 4.69) is 30.7 Å². The number of ether oxygens (including phenoxy) is 3. The van der Waals surface area contributed by atoms with Crippen LogP contribution in [0.5, 0.6) is 17.2 Å². The molecule has 0 saturated carbocycles. The number of para-hydroxylation sites is 1. The SMILES string of the molecule is CC(C)Oc1ccc(Nc2nc(=O)n(CCN)c(=O)n2Cc2ccc(Cl)cc2)cc1F.Cl.[C-]#[N+]/N=C(\CCCn1c(=O)nc(Nc2ccc(OC(C)C)c(F)c2)n(Cc2ccc(Cl)cc2)c1=O)Oc1ccccc1. The number of hydrogen-bond donors (Lipinski definition) is 3. The molecule has 0 aliphatic carbocycles. The van der Waals surface area contributed by atoms with E-state index in [0.29, 0.717) is 21.5 Å². The molecule has 7 rings (SSSR count). The summed E-state index contributed by atoms with van der Waals surface area (Å²) >= 11 is 12.0. The Morgan fingerprint density at radius 2 is 1.12 bits per heavy atom. The predicted molar refractivity (Wildman–Crippen MR) is 284 cm³/mol. The van der Waals surface area contributed by atoms with Crippen molar-refractivity contribution in [2.45, 2.75) is 78.9 Å². The van der Waals surface area contributed by atoms with Crippen LogP contribution in [0.4, 0.5) is 32.1 Å². The first-order valence-corrected chi connectivity index (χ1v) is 23.5. The van der Waals surface area contributed by atoms with Crippen molar-refractivity contribution in [3.8, 4) is 17.2 Å². The fourth-order valence-corrected chi connectivity index (χ4v) is 7.15. The molecule has 0 radical (unpaired) electrons. The molecule has 0 atom stereocenters. The number of nitrogens with two attached hydrogens (primary N) is 1. The third-order valence-electron chi connectivity index (χ3n) is 10.2. The van der Waals surface area contributed by atoms with Gasteiger partial charge in [0.25, 0.3) is 5.90 Å². The number of benzene rings is 5. The maximum atomic E-state index is 14.6. The molecule has 0 bridgehead atoms. The van der Waals surface area contributed by atoms with Crippen LogP contribution in [0, 0.1) is 18.2 Å². The summed E-state index contributed by atoms with van der Waals surface area (Å²) in [5, 5.41) is 10.5. The first kappa shape index (κ1) is 57.1. The third-order valence-corrected chi connectivity index (χ3v) is 10.7. The fourth-order valence-electron chi connectivity index (χ4n) is 6.90. The largest absolute Gasteiger partial charge is 0.488 e. The second-order valence-electron chi connectivity index (χ2n) is 16.5. The quantitative estimate of drug-likeness (QED) is 0.0300. The Bertz CT molecular complexity index is 3330. The zero-order chi connectivity index (χ0) is 52.6. The molecule has 0 saturated heterocycles. The van der Waals surface area contributed by atoms with Crippen LogP contribution >= 0.6 is 35.6 Å². The maximum Gasteiger partial charge on any atom is 0.354 e. The molecule has 74 heavy (non-hydrogen) atoms. The van der Waals surface area contributed by atoms with Crippen molar-refractivity contribution in [3.63, 3.8) is 0 Å². The lowest BCUT2D eigenvalue weighted by molar-refractivity contribution is 0.231. The molecule has 0 amide bonds. The first-order chi connectivity index (χ1) is 35.0. The van der Waals surface area contributed by atoms with Gasteiger partial charge < -0.3 is 30.6 Å². The van der Waals surface area contributed by atoms with Crippen LogP contribution in [0.25, 0.3) is 4.95 Å². The lowest BCUT2D eigenvalue weighted by atomic mass is 10.2. The van der Waals surface area contributed by atoms with Gasteiger partial charge in [-0.2, -0.15) is 16.5 Å². The first-order valence-electron chi connectivity index (χ1n) is 22.8. The second-order valence-corrected chi connectivity index (χ2v) is 17.4. The molecule has 0 fully saturated rings. The van der Waals surface area contributed by atoms with Crippen LogP contribution in [-0.4, -0.2) is 52.9 Å². The molecule has 4 N–H and O–H groups in total. The van der Waals surface area contributed by atoms with Crippen LogP contribution in [0.15, 0.2) is 140 Å². The minimum atomic E-state index is -0.789. The van der Waals surface area contributed by atoms with Crippen molar-refractivity contribution in [1.29, 1.82) is 0 Å². The average molecular weight is 1080 g/mol. The highest BCUT2D eigenvalue weighted by Crippen LogP contribution is 2.26. The van der Waals surface area contributed by atoms with Gasteiger partial charge in [0, 0.05) is 59.6 Å². The van der Waals surface area contributed by atoms with Gasteiger partial charge in [0.15, 0.2) is 23.1 Å². The van der Waals surface area contributed by atoms with Crippen molar-refractivity contribution in [2.24, 2.45) is 10.8 Å². The normalized spacial score (nSPS) is 11.0. The summed E-state index contributed by atoms with van der Waals surface area (Å²) in [6, 6.07) is 31.1. The molecular formula is C51H52Cl3F2N11O7. The van der Waals surface area contributed by atoms with Gasteiger partial charge in [0.05, 0.1) is 25.3 Å². The number of nitrogens with one attached hydrogen (secondary N) is 2. The topological polar surface area (TPSA) is 208 Å². The molecule has 7 aromatic rings. The van der Waals surface area contributed by atoms with E-state index in [0.717, 1.165) is 20.3 Å². The lowest BCUT2D eigenvalue weighted by Gasteiger charge is -2.16. The van der Waals surface area contributed by atoms with Crippen molar-refractivity contribution in [2.75, 3.05) is 17.2 Å². The number of halogens is 5. The molecule has 0 aliphatic rings. The number of anilines is 4. The van der Waals surface area contributed by atoms with Gasteiger partial charge >= 0.3 is 22.8 Å². The number of aromatic nitrogens is 6. The van der Waals surface area contributed by atoms with Crippen LogP contribution in [0.1, 0.15) is 51.7 Å². The van der Waals surface area contributed by atoms with Crippen molar-refractivity contribution < 1.29 is 23.0 Å². The van der Waals surface area contributed by atoms with Crippen LogP contribution in [-0.2, 0) is 26.2 Å². The van der Waals surface area contributed by atoms with Gasteiger partial charge in [-0.3, -0.25) is 9.13 Å². The minimum Gasteiger partial charge on any atom is -0.488 e. The van der Waals surface area contributed by atoms with Crippen molar-refractivity contribution >= 4 is 64.8 Å². The Hall–Kier alpha value is -7.83. The Morgan fingerprint density at radius 1 is 0.676 bits per heavy atom. The van der Waals surface area contributed by atoms with E-state index in [1.807, 2.05) is 6.07 Å². The molecule has 18 nitrogen and oxygen atoms in total. The van der Waals surface area contributed by atoms with E-state index in [4.69, 9.17) is 49.7 Å². The lowest BCUT2D eigenvalue weighted by Crippen LogP contribution is -2.43. The second kappa shape index (κ2) is 27.3. The summed E-state index contributed by atoms with van der Waals surface area (Å²) in [5.41, 5.74) is 4.86. The zero-order valence-corrected chi connectivity index (χ0v) is 42.8. The van der Waals surface area contributed by atoms with Gasteiger partial charge in [-0.1, -0.05) is 65.7 Å². The monoisotopic (exact) mass is 1070 g/mol. The summed E-state index contributed by atoms with van der Waals surface area (Å²) in [7, 11) is 0. The van der Waals surface area contributed by atoms with E-state index in [9.17, 15) is 28.0 Å². The van der Waals surface area contributed by atoms with Gasteiger partial charge in [0.2, 0.25) is 11.9 Å². The Morgan fingerprint density at radius 3 is 1.53 bits per heavy atom. The molecule has 5 aromatic carbocycles. The van der Waals surface area contributed by atoms with E-state index in [-0.39, 0.29) is 105 Å². The Kier molecular flexibility index (Phi) is 21.0. The highest BCUT2D eigenvalue weighted by molar-refractivity contribution is 6.30. The van der Waals surface area contributed by atoms with E-state index in [1.54, 1.807) is 113 Å². The zero-order valence-electron chi connectivity index (χ0n) is 40.5. The van der Waals surface area contributed by atoms with Gasteiger partial charge in [0.1, 0.15) is 10.9 Å². The Labute approximate surface area is 439 Å². The molecule has 0 aliphatic heterocycles. The average Bonchev–Trinajstić information content (AvgIpc) is 3.34. The number of hydrogen-bond acceptors (Lipinski definition) is 13. The number of rotatable bonds is 19. The molecule has 0 spiro atoms. The standard InChI is InChI=1S/C30H28ClFN6O4.C21H23ClFN5O3.ClH/c1-20(2)41-26-16-15-23(18-25(26)32)34-28-35-29(39)37(30(40)38(28)19-21-11-13-22(31)14-12-21)17-7-10-27(36-33-3)42-24-8-5-4-6-9-24;1-13(2)31-18-8-7-16(11-17(18)23)25-19-26-20(29)27(10-9-24)21(30)28(19)12-14-3-5-15(22)6-4-14;/h4-6,8-9,11-16,18,20H,7,10,17,19H2,1-2H3,(H,34,35,39);3-8,11,13H,9-10,12,24H2,1-2H3,(H,25,26,29);1H/b36-27+;;. The van der Waals surface area contributed by atoms with E-state index >= 15 is 0 Å². The van der Waals surface area contributed by atoms with Crippen LogP contribution < -0.4 is 53.3 Å². The van der Waals surface area contributed by atoms with Crippen molar-refractivity contribution in [1.82, 2.24) is 28.2 Å². The smallest absolute Gasteiger partial charge is 0.354 e.